The van der Waals surface area contributed by atoms with Crippen molar-refractivity contribution in [2.75, 3.05) is 0 Å². The zero-order valence-electron chi connectivity index (χ0n) is 10.8. The molecule has 2 atom stereocenters. The van der Waals surface area contributed by atoms with Crippen molar-refractivity contribution in [2.45, 2.75) is 59.8 Å². The summed E-state index contributed by atoms with van der Waals surface area (Å²) >= 11 is 0. The van der Waals surface area contributed by atoms with Crippen molar-refractivity contribution in [3.63, 3.8) is 0 Å². The third kappa shape index (κ3) is 1.73. The van der Waals surface area contributed by atoms with Crippen LogP contribution in [0.1, 0.15) is 59.8 Å². The van der Waals surface area contributed by atoms with Gasteiger partial charge in [0.2, 0.25) is 0 Å². The molecule has 2 rings (SSSR count). The lowest BCUT2D eigenvalue weighted by atomic mass is 9.59. The molecule has 0 heterocycles. The Bertz CT molecular complexity index is 272. The fourth-order valence-electron chi connectivity index (χ4n) is 3.56. The van der Waals surface area contributed by atoms with Crippen LogP contribution in [0.2, 0.25) is 0 Å². The largest absolute Gasteiger partial charge is 0.108 e. The van der Waals surface area contributed by atoms with E-state index in [-0.39, 0.29) is 0 Å². The Hall–Kier alpha value is -0.390. The van der Waals surface area contributed by atoms with E-state index in [2.05, 4.69) is 40.2 Å². The lowest BCUT2D eigenvalue weighted by Gasteiger charge is -2.41. The molecule has 0 nitrogen and oxygen atoms in total. The summed E-state index contributed by atoms with van der Waals surface area (Å²) < 4.78 is 0. The SMILES string of the molecule is CC1=CC[C@H]([C@]2(C)CC[CH+]C2(C)C)CC1. The summed E-state index contributed by atoms with van der Waals surface area (Å²) in [7, 11) is 0. The van der Waals surface area contributed by atoms with Crippen LogP contribution in [-0.2, 0) is 0 Å². The molecule has 0 bridgehead atoms. The van der Waals surface area contributed by atoms with Gasteiger partial charge in [0.05, 0.1) is 12.8 Å². The summed E-state index contributed by atoms with van der Waals surface area (Å²) in [5, 5.41) is 0. The zero-order chi connectivity index (χ0) is 11.1. The first-order valence-electron chi connectivity index (χ1n) is 6.46. The molecule has 2 aliphatic carbocycles. The molecule has 0 spiro atoms. The number of hydrogen-bond donors (Lipinski definition) is 0. The highest BCUT2D eigenvalue weighted by Crippen LogP contribution is 2.58. The molecule has 0 N–H and O–H groups in total. The molecule has 0 saturated heterocycles. The summed E-state index contributed by atoms with van der Waals surface area (Å²) in [6.07, 6.45) is 11.8. The summed E-state index contributed by atoms with van der Waals surface area (Å²) in [4.78, 5) is 0. The van der Waals surface area contributed by atoms with Gasteiger partial charge >= 0.3 is 0 Å². The molecular weight excluding hydrogens is 180 g/mol. The van der Waals surface area contributed by atoms with Gasteiger partial charge in [-0.2, -0.15) is 0 Å². The molecule has 1 fully saturated rings. The lowest BCUT2D eigenvalue weighted by molar-refractivity contribution is 0.0642. The van der Waals surface area contributed by atoms with Crippen molar-refractivity contribution >= 4 is 0 Å². The van der Waals surface area contributed by atoms with Crippen LogP contribution in [0.4, 0.5) is 0 Å². The molecule has 1 saturated carbocycles. The average molecular weight is 205 g/mol. The maximum atomic E-state index is 2.55. The zero-order valence-corrected chi connectivity index (χ0v) is 10.8. The van der Waals surface area contributed by atoms with Crippen molar-refractivity contribution in [3.05, 3.63) is 18.1 Å². The van der Waals surface area contributed by atoms with E-state index in [1.807, 2.05) is 0 Å². The van der Waals surface area contributed by atoms with Crippen LogP contribution >= 0.6 is 0 Å². The predicted molar refractivity (Wildman–Crippen MR) is 66.5 cm³/mol. The minimum atomic E-state index is 0.441. The highest BCUT2D eigenvalue weighted by Gasteiger charge is 2.56. The van der Waals surface area contributed by atoms with Gasteiger partial charge in [-0.15, -0.1) is 0 Å². The van der Waals surface area contributed by atoms with Crippen molar-refractivity contribution in [3.8, 4) is 0 Å². The van der Waals surface area contributed by atoms with E-state index in [4.69, 9.17) is 0 Å². The molecule has 0 aliphatic heterocycles. The monoisotopic (exact) mass is 205 g/mol. The lowest BCUT2D eigenvalue weighted by Crippen LogP contribution is -2.38. The Balaban J connectivity index is 2.16. The normalized spacial score (nSPS) is 39.7. The fourth-order valence-corrected chi connectivity index (χ4v) is 3.56. The standard InChI is InChI=1S/C15H25/c1-12-6-8-13(9-7-12)15(4)11-5-10-14(15,2)3/h6,10,13H,5,7-9,11H2,1-4H3/q+1/t13-,15-/m0/s1. The summed E-state index contributed by atoms with van der Waals surface area (Å²) in [6, 6.07) is 0. The highest BCUT2D eigenvalue weighted by atomic mass is 14.5. The van der Waals surface area contributed by atoms with Gasteiger partial charge in [-0.05, 0) is 52.4 Å². The Kier molecular flexibility index (Phi) is 2.65. The first-order valence-corrected chi connectivity index (χ1v) is 6.46. The average Bonchev–Trinajstić information content (AvgIpc) is 2.43. The maximum Gasteiger partial charge on any atom is 0.108 e. The van der Waals surface area contributed by atoms with E-state index in [0.29, 0.717) is 10.8 Å². The van der Waals surface area contributed by atoms with Gasteiger partial charge in [-0.25, -0.2) is 0 Å². The van der Waals surface area contributed by atoms with Crippen LogP contribution in [0.3, 0.4) is 0 Å². The summed E-state index contributed by atoms with van der Waals surface area (Å²) in [5.41, 5.74) is 2.59. The van der Waals surface area contributed by atoms with Crippen molar-refractivity contribution in [1.29, 1.82) is 0 Å². The summed E-state index contributed by atoms with van der Waals surface area (Å²) in [5.74, 6) is 0.912. The number of hydrogen-bond acceptors (Lipinski definition) is 0. The van der Waals surface area contributed by atoms with Crippen molar-refractivity contribution in [1.82, 2.24) is 0 Å². The van der Waals surface area contributed by atoms with Crippen LogP contribution < -0.4 is 0 Å². The fraction of sp³-hybridized carbons (Fsp3) is 0.800. The van der Waals surface area contributed by atoms with E-state index in [1.54, 1.807) is 5.57 Å². The smallest absolute Gasteiger partial charge is 0.0853 e. The third-order valence-electron chi connectivity index (χ3n) is 5.33. The molecule has 0 unspecified atom stereocenters. The molecule has 0 radical (unpaired) electrons. The topological polar surface area (TPSA) is 0 Å². The second kappa shape index (κ2) is 3.57. The maximum absolute atomic E-state index is 2.55. The molecule has 15 heavy (non-hydrogen) atoms. The van der Waals surface area contributed by atoms with Gasteiger partial charge < -0.3 is 0 Å². The number of rotatable bonds is 1. The van der Waals surface area contributed by atoms with E-state index >= 15 is 0 Å². The molecular formula is C15H25+. The minimum Gasteiger partial charge on any atom is -0.0853 e. The molecule has 0 aromatic rings. The first kappa shape index (κ1) is 11.1. The van der Waals surface area contributed by atoms with Gasteiger partial charge in [0.1, 0.15) is 5.41 Å². The Morgan fingerprint density at radius 3 is 2.53 bits per heavy atom. The summed E-state index contributed by atoms with van der Waals surface area (Å²) in [6.45, 7) is 9.68. The van der Waals surface area contributed by atoms with E-state index in [9.17, 15) is 0 Å². The van der Waals surface area contributed by atoms with E-state index in [1.165, 1.54) is 32.1 Å². The van der Waals surface area contributed by atoms with Crippen LogP contribution in [0, 0.1) is 23.2 Å². The third-order valence-corrected chi connectivity index (χ3v) is 5.33. The molecule has 0 heteroatoms. The van der Waals surface area contributed by atoms with Crippen molar-refractivity contribution in [2.24, 2.45) is 16.7 Å². The highest BCUT2D eigenvalue weighted by molar-refractivity contribution is 5.12. The van der Waals surface area contributed by atoms with Crippen LogP contribution in [0.5, 0.6) is 0 Å². The van der Waals surface area contributed by atoms with Gasteiger partial charge in [0, 0.05) is 5.41 Å². The van der Waals surface area contributed by atoms with Gasteiger partial charge in [-0.3, -0.25) is 0 Å². The van der Waals surface area contributed by atoms with E-state index in [0.717, 1.165) is 5.92 Å². The molecule has 0 aromatic heterocycles. The van der Waals surface area contributed by atoms with E-state index < -0.39 is 0 Å². The minimum absolute atomic E-state index is 0.441. The van der Waals surface area contributed by atoms with Crippen LogP contribution in [0.15, 0.2) is 11.6 Å². The van der Waals surface area contributed by atoms with Crippen LogP contribution in [0.25, 0.3) is 0 Å². The van der Waals surface area contributed by atoms with Gasteiger partial charge in [0.25, 0.3) is 0 Å². The van der Waals surface area contributed by atoms with Gasteiger partial charge in [0.15, 0.2) is 0 Å². The Morgan fingerprint density at radius 1 is 1.33 bits per heavy atom. The van der Waals surface area contributed by atoms with Crippen molar-refractivity contribution < 1.29 is 0 Å². The second-order valence-electron chi connectivity index (χ2n) is 6.40. The molecule has 0 aromatic carbocycles. The van der Waals surface area contributed by atoms with Crippen LogP contribution in [-0.4, -0.2) is 0 Å². The Morgan fingerprint density at radius 2 is 2.07 bits per heavy atom. The predicted octanol–water partition coefficient (Wildman–Crippen LogP) is 4.76. The number of allylic oxidation sites excluding steroid dienone is 2. The van der Waals surface area contributed by atoms with Gasteiger partial charge in [-0.1, -0.05) is 18.6 Å². The Labute approximate surface area is 95.1 Å². The quantitative estimate of drug-likeness (QED) is 0.427. The second-order valence-corrected chi connectivity index (χ2v) is 6.40. The first-order chi connectivity index (χ1) is 6.96. The molecule has 84 valence electrons. The molecule has 2 aliphatic rings. The molecule has 0 amide bonds.